The van der Waals surface area contributed by atoms with Crippen LogP contribution in [0.15, 0.2) is 48.5 Å². The Bertz CT molecular complexity index is 956. The van der Waals surface area contributed by atoms with E-state index >= 15 is 0 Å². The maximum absolute atomic E-state index is 13.0. The van der Waals surface area contributed by atoms with E-state index in [1.807, 2.05) is 31.2 Å². The normalized spacial score (nSPS) is 15.6. The molecule has 6 heteroatoms. The van der Waals surface area contributed by atoms with Crippen molar-refractivity contribution in [2.75, 3.05) is 6.54 Å². The zero-order valence-corrected chi connectivity index (χ0v) is 18.6. The fourth-order valence-corrected chi connectivity index (χ4v) is 3.71. The number of carbonyl (C=O) groups is 3. The van der Waals surface area contributed by atoms with Gasteiger partial charge in [-0.25, -0.2) is 0 Å². The van der Waals surface area contributed by atoms with Crippen molar-refractivity contribution in [2.45, 2.75) is 58.1 Å². The van der Waals surface area contributed by atoms with Gasteiger partial charge in [0.25, 0.3) is 11.8 Å². The summed E-state index contributed by atoms with van der Waals surface area (Å²) in [6, 6.07) is 14.6. The molecule has 31 heavy (non-hydrogen) atoms. The molecule has 0 spiro atoms. The molecule has 164 valence electrons. The third-order valence-electron chi connectivity index (χ3n) is 5.33. The predicted molar refractivity (Wildman–Crippen MR) is 119 cm³/mol. The molecule has 1 heterocycles. The van der Waals surface area contributed by atoms with Crippen molar-refractivity contribution < 1.29 is 19.1 Å². The lowest BCUT2D eigenvalue weighted by Crippen LogP contribution is -2.53. The number of imide groups is 1. The van der Waals surface area contributed by atoms with E-state index in [9.17, 15) is 14.4 Å². The molecule has 6 nitrogen and oxygen atoms in total. The topological polar surface area (TPSA) is 89.7 Å². The van der Waals surface area contributed by atoms with E-state index in [0.717, 1.165) is 11.1 Å². The molecule has 0 aromatic heterocycles. The molecular weight excluding hydrogens is 392 g/mol. The van der Waals surface area contributed by atoms with Gasteiger partial charge in [-0.1, -0.05) is 42.0 Å². The number of nitrogens with zero attached hydrogens (tertiary/aromatic N) is 1. The molecule has 0 saturated carbocycles. The standard InChI is InChI=1S/C25H30N2O4/c1-17-10-12-18(13-11-17)16-25(26,23(30)31-24(2,3)4)14-7-15-27-21(28)19-8-5-6-9-20(19)22(27)29/h5-6,8-13H,7,14-16,26H2,1-4H3. The molecule has 2 aromatic rings. The molecule has 2 N–H and O–H groups in total. The van der Waals surface area contributed by atoms with E-state index in [2.05, 4.69) is 0 Å². The van der Waals surface area contributed by atoms with Crippen LogP contribution in [0.1, 0.15) is 65.5 Å². The van der Waals surface area contributed by atoms with Crippen LogP contribution in [0, 0.1) is 6.92 Å². The van der Waals surface area contributed by atoms with Crippen LogP contribution >= 0.6 is 0 Å². The van der Waals surface area contributed by atoms with Crippen molar-refractivity contribution in [3.05, 3.63) is 70.8 Å². The van der Waals surface area contributed by atoms with E-state index in [-0.39, 0.29) is 24.8 Å². The first kappa shape index (κ1) is 22.7. The van der Waals surface area contributed by atoms with E-state index in [1.54, 1.807) is 45.0 Å². The van der Waals surface area contributed by atoms with Crippen molar-refractivity contribution >= 4 is 17.8 Å². The minimum atomic E-state index is -1.26. The van der Waals surface area contributed by atoms with Crippen molar-refractivity contribution in [3.8, 4) is 0 Å². The van der Waals surface area contributed by atoms with E-state index in [0.29, 0.717) is 24.0 Å². The fraction of sp³-hybridized carbons (Fsp3) is 0.400. The van der Waals surface area contributed by atoms with Crippen molar-refractivity contribution in [1.82, 2.24) is 4.90 Å². The van der Waals surface area contributed by atoms with Gasteiger partial charge in [0.15, 0.2) is 0 Å². The smallest absolute Gasteiger partial charge is 0.326 e. The van der Waals surface area contributed by atoms with Gasteiger partial charge in [0.2, 0.25) is 0 Å². The van der Waals surface area contributed by atoms with E-state index < -0.39 is 17.1 Å². The van der Waals surface area contributed by atoms with Crippen molar-refractivity contribution in [1.29, 1.82) is 0 Å². The highest BCUT2D eigenvalue weighted by Crippen LogP contribution is 2.26. The Morgan fingerprint density at radius 2 is 1.52 bits per heavy atom. The highest BCUT2D eigenvalue weighted by Gasteiger charge is 2.39. The molecule has 0 aliphatic carbocycles. The Morgan fingerprint density at radius 1 is 0.968 bits per heavy atom. The second kappa shape index (κ2) is 8.63. The number of aryl methyl sites for hydroxylation is 1. The predicted octanol–water partition coefficient (Wildman–Crippen LogP) is 3.65. The number of carbonyl (C=O) groups excluding carboxylic acids is 3. The fourth-order valence-electron chi connectivity index (χ4n) is 3.71. The van der Waals surface area contributed by atoms with Crippen LogP contribution in [0.2, 0.25) is 0 Å². The first-order chi connectivity index (χ1) is 14.5. The van der Waals surface area contributed by atoms with Gasteiger partial charge >= 0.3 is 5.97 Å². The van der Waals surface area contributed by atoms with Crippen LogP contribution in [0.25, 0.3) is 0 Å². The lowest BCUT2D eigenvalue weighted by molar-refractivity contribution is -0.162. The molecule has 2 amide bonds. The van der Waals surface area contributed by atoms with Crippen molar-refractivity contribution in [3.63, 3.8) is 0 Å². The Balaban J connectivity index is 1.73. The van der Waals surface area contributed by atoms with Gasteiger partial charge in [-0.3, -0.25) is 19.3 Å². The van der Waals surface area contributed by atoms with E-state index in [4.69, 9.17) is 10.5 Å². The first-order valence-electron chi connectivity index (χ1n) is 10.5. The van der Waals surface area contributed by atoms with Crippen LogP contribution in [0.4, 0.5) is 0 Å². The molecule has 1 atom stereocenters. The Hall–Kier alpha value is -2.99. The average molecular weight is 423 g/mol. The zero-order valence-electron chi connectivity index (χ0n) is 18.6. The molecule has 3 rings (SSSR count). The second-order valence-corrected chi connectivity index (χ2v) is 9.23. The molecule has 0 saturated heterocycles. The van der Waals surface area contributed by atoms with Gasteiger partial charge in [-0.2, -0.15) is 0 Å². The SMILES string of the molecule is Cc1ccc(CC(N)(CCCN2C(=O)c3ccccc3C2=O)C(=O)OC(C)(C)C)cc1. The van der Waals surface area contributed by atoms with Gasteiger partial charge in [-0.05, 0) is 58.2 Å². The summed E-state index contributed by atoms with van der Waals surface area (Å²) in [7, 11) is 0. The summed E-state index contributed by atoms with van der Waals surface area (Å²) in [5.74, 6) is -1.10. The summed E-state index contributed by atoms with van der Waals surface area (Å²) >= 11 is 0. The number of hydrogen-bond acceptors (Lipinski definition) is 5. The molecule has 2 aromatic carbocycles. The molecule has 1 aliphatic rings. The van der Waals surface area contributed by atoms with Crippen LogP contribution in [0.3, 0.4) is 0 Å². The number of amides is 2. The third kappa shape index (κ3) is 5.20. The van der Waals surface area contributed by atoms with Gasteiger partial charge in [-0.15, -0.1) is 0 Å². The van der Waals surface area contributed by atoms with Gasteiger partial charge < -0.3 is 10.5 Å². The zero-order chi connectivity index (χ0) is 22.8. The minimum Gasteiger partial charge on any atom is -0.459 e. The summed E-state index contributed by atoms with van der Waals surface area (Å²) in [5, 5.41) is 0. The second-order valence-electron chi connectivity index (χ2n) is 9.23. The maximum Gasteiger partial charge on any atom is 0.326 e. The van der Waals surface area contributed by atoms with Crippen LogP contribution in [0.5, 0.6) is 0 Å². The van der Waals surface area contributed by atoms with E-state index in [1.165, 1.54) is 4.90 Å². The van der Waals surface area contributed by atoms with Crippen LogP contribution in [-0.2, 0) is 16.0 Å². The largest absolute Gasteiger partial charge is 0.459 e. The van der Waals surface area contributed by atoms with Gasteiger partial charge in [0.05, 0.1) is 11.1 Å². The van der Waals surface area contributed by atoms with Gasteiger partial charge in [0.1, 0.15) is 11.1 Å². The summed E-state index contributed by atoms with van der Waals surface area (Å²) in [6.07, 6.45) is 0.987. The number of rotatable bonds is 7. The summed E-state index contributed by atoms with van der Waals surface area (Å²) in [6.45, 7) is 7.60. The number of hydrogen-bond donors (Lipinski definition) is 1. The molecular formula is C25H30N2O4. The Morgan fingerprint density at radius 3 is 2.03 bits per heavy atom. The Kier molecular flexibility index (Phi) is 6.32. The molecule has 1 aliphatic heterocycles. The molecule has 0 bridgehead atoms. The lowest BCUT2D eigenvalue weighted by atomic mass is 9.86. The molecule has 0 radical (unpaired) electrons. The molecule has 1 unspecified atom stereocenters. The average Bonchev–Trinajstić information content (AvgIpc) is 2.94. The number of nitrogens with two attached hydrogens (primary N) is 1. The number of esters is 1. The van der Waals surface area contributed by atoms with Crippen LogP contribution in [-0.4, -0.2) is 40.4 Å². The monoisotopic (exact) mass is 422 g/mol. The lowest BCUT2D eigenvalue weighted by Gasteiger charge is -2.32. The first-order valence-corrected chi connectivity index (χ1v) is 10.5. The Labute approximate surface area is 183 Å². The number of benzene rings is 2. The minimum absolute atomic E-state index is 0.196. The third-order valence-corrected chi connectivity index (χ3v) is 5.33. The maximum atomic E-state index is 13.0. The number of fused-ring (bicyclic) bond motifs is 1. The summed E-state index contributed by atoms with van der Waals surface area (Å²) in [4.78, 5) is 39.4. The van der Waals surface area contributed by atoms with Crippen molar-refractivity contribution in [2.24, 2.45) is 5.73 Å². The molecule has 0 fully saturated rings. The number of ether oxygens (including phenoxy) is 1. The highest BCUT2D eigenvalue weighted by atomic mass is 16.6. The summed E-state index contributed by atoms with van der Waals surface area (Å²) in [5.41, 5.74) is 7.54. The highest BCUT2D eigenvalue weighted by molar-refractivity contribution is 6.21. The van der Waals surface area contributed by atoms with Crippen LogP contribution < -0.4 is 5.73 Å². The summed E-state index contributed by atoms with van der Waals surface area (Å²) < 4.78 is 5.60. The quantitative estimate of drug-likeness (QED) is 0.543. The van der Waals surface area contributed by atoms with Gasteiger partial charge in [0, 0.05) is 13.0 Å².